The van der Waals surface area contributed by atoms with E-state index in [9.17, 15) is 14.4 Å². The Balaban J connectivity index is 1.19. The molecule has 35 heavy (non-hydrogen) atoms. The molecule has 0 unspecified atom stereocenters. The maximum atomic E-state index is 12.9. The van der Waals surface area contributed by atoms with Gasteiger partial charge >= 0.3 is 0 Å². The molecule has 1 saturated heterocycles. The minimum absolute atomic E-state index is 0.120. The molecule has 1 aliphatic rings. The van der Waals surface area contributed by atoms with Crippen LogP contribution in [0.4, 0.5) is 0 Å². The van der Waals surface area contributed by atoms with Gasteiger partial charge in [0.05, 0.1) is 17.5 Å². The summed E-state index contributed by atoms with van der Waals surface area (Å²) in [5, 5.41) is 1.04. The molecule has 1 fully saturated rings. The molecule has 4 aromatic rings. The number of carbonyl (C=O) groups is 3. The molecule has 2 aromatic heterocycles. The van der Waals surface area contributed by atoms with Crippen LogP contribution in [0.2, 0.25) is 0 Å². The van der Waals surface area contributed by atoms with Crippen LogP contribution in [0.15, 0.2) is 89.6 Å². The first-order valence-corrected chi connectivity index (χ1v) is 11.4. The van der Waals surface area contributed by atoms with Gasteiger partial charge in [-0.2, -0.15) is 0 Å². The summed E-state index contributed by atoms with van der Waals surface area (Å²) in [6, 6.07) is 21.6. The van der Waals surface area contributed by atoms with Crippen molar-refractivity contribution in [3.05, 3.63) is 108 Å². The van der Waals surface area contributed by atoms with Crippen LogP contribution in [-0.2, 0) is 0 Å². The fourth-order valence-corrected chi connectivity index (χ4v) is 4.06. The van der Waals surface area contributed by atoms with Gasteiger partial charge in [-0.3, -0.25) is 14.4 Å². The lowest BCUT2D eigenvalue weighted by molar-refractivity contribution is 0.0518. The molecule has 2 amide bonds. The Morgan fingerprint density at radius 3 is 2.14 bits per heavy atom. The van der Waals surface area contributed by atoms with Crippen molar-refractivity contribution in [2.24, 2.45) is 0 Å². The summed E-state index contributed by atoms with van der Waals surface area (Å²) in [5.41, 5.74) is 2.57. The van der Waals surface area contributed by atoms with Gasteiger partial charge in [0.25, 0.3) is 11.8 Å². The third-order valence-electron chi connectivity index (χ3n) is 6.03. The lowest BCUT2D eigenvalue weighted by Gasteiger charge is -2.34. The molecule has 0 spiro atoms. The molecule has 2 aromatic carbocycles. The Morgan fingerprint density at radius 1 is 0.743 bits per heavy atom. The van der Waals surface area contributed by atoms with Gasteiger partial charge in [-0.1, -0.05) is 36.4 Å². The van der Waals surface area contributed by atoms with Gasteiger partial charge in [0.2, 0.25) is 0 Å². The number of amides is 2. The van der Waals surface area contributed by atoms with E-state index in [1.54, 1.807) is 52.3 Å². The van der Waals surface area contributed by atoms with Crippen molar-refractivity contribution in [1.82, 2.24) is 14.8 Å². The van der Waals surface area contributed by atoms with Gasteiger partial charge in [-0.25, -0.2) is 4.98 Å². The molecule has 1 aliphatic heterocycles. The summed E-state index contributed by atoms with van der Waals surface area (Å²) in [7, 11) is 0. The second kappa shape index (κ2) is 9.77. The number of ketones is 1. The number of pyridine rings is 1. The molecule has 174 valence electrons. The van der Waals surface area contributed by atoms with Crippen LogP contribution in [0.1, 0.15) is 37.0 Å². The monoisotopic (exact) mass is 465 g/mol. The first kappa shape index (κ1) is 22.3. The Morgan fingerprint density at radius 2 is 1.43 bits per heavy atom. The molecule has 3 heterocycles. The summed E-state index contributed by atoms with van der Waals surface area (Å²) in [5.74, 6) is -0.151. The normalized spacial score (nSPS) is 13.9. The van der Waals surface area contributed by atoms with E-state index in [1.165, 1.54) is 12.3 Å². The minimum Gasteiger partial charge on any atom is -0.459 e. The molecule has 0 bridgehead atoms. The van der Waals surface area contributed by atoms with Gasteiger partial charge in [-0.05, 0) is 48.6 Å². The van der Waals surface area contributed by atoms with E-state index in [1.807, 2.05) is 36.4 Å². The average molecular weight is 466 g/mol. The highest BCUT2D eigenvalue weighted by molar-refractivity contribution is 6.07. The summed E-state index contributed by atoms with van der Waals surface area (Å²) in [6.45, 7) is 1.76. The first-order chi connectivity index (χ1) is 17.1. The van der Waals surface area contributed by atoms with E-state index in [2.05, 4.69) is 4.98 Å². The zero-order valence-electron chi connectivity index (χ0n) is 19.0. The SMILES string of the molecule is O=C(C=Cc1ccc2ccccc2n1)c1ccc(C(=O)N2CCN(C(=O)c3ccco3)CC2)cc1. The van der Waals surface area contributed by atoms with Crippen LogP contribution < -0.4 is 0 Å². The van der Waals surface area contributed by atoms with E-state index < -0.39 is 0 Å². The number of nitrogens with zero attached hydrogens (tertiary/aromatic N) is 3. The molecular formula is C28H23N3O4. The van der Waals surface area contributed by atoms with Gasteiger partial charge in [-0.15, -0.1) is 0 Å². The lowest BCUT2D eigenvalue weighted by atomic mass is 10.1. The van der Waals surface area contributed by atoms with Crippen LogP contribution in [-0.4, -0.2) is 58.6 Å². The maximum absolute atomic E-state index is 12.9. The smallest absolute Gasteiger partial charge is 0.289 e. The molecule has 0 atom stereocenters. The Bertz CT molecular complexity index is 1400. The van der Waals surface area contributed by atoms with Crippen molar-refractivity contribution >= 4 is 34.6 Å². The second-order valence-electron chi connectivity index (χ2n) is 8.27. The minimum atomic E-state index is -0.170. The van der Waals surface area contributed by atoms with Gasteiger partial charge < -0.3 is 14.2 Å². The van der Waals surface area contributed by atoms with E-state index in [0.29, 0.717) is 48.8 Å². The zero-order chi connectivity index (χ0) is 24.2. The standard InChI is InChI=1S/C28H23N3O4/c32-25(14-13-23-12-11-20-4-1-2-5-24(20)29-23)21-7-9-22(10-8-21)27(33)30-15-17-31(18-16-30)28(34)26-6-3-19-35-26/h1-14,19H,15-18H2. The molecule has 0 aliphatic carbocycles. The predicted molar refractivity (Wildman–Crippen MR) is 132 cm³/mol. The summed E-state index contributed by atoms with van der Waals surface area (Å²) >= 11 is 0. The highest BCUT2D eigenvalue weighted by Gasteiger charge is 2.26. The topological polar surface area (TPSA) is 83.7 Å². The summed E-state index contributed by atoms with van der Waals surface area (Å²) in [4.78, 5) is 45.8. The van der Waals surface area contributed by atoms with Crippen LogP contribution in [0.3, 0.4) is 0 Å². The van der Waals surface area contributed by atoms with Crippen LogP contribution in [0, 0.1) is 0 Å². The molecule has 0 saturated carbocycles. The van der Waals surface area contributed by atoms with Crippen LogP contribution in [0.25, 0.3) is 17.0 Å². The number of hydrogen-bond acceptors (Lipinski definition) is 5. The van der Waals surface area contributed by atoms with Crippen molar-refractivity contribution in [1.29, 1.82) is 0 Å². The van der Waals surface area contributed by atoms with Crippen LogP contribution >= 0.6 is 0 Å². The number of hydrogen-bond donors (Lipinski definition) is 0. The molecule has 7 heteroatoms. The fourth-order valence-electron chi connectivity index (χ4n) is 4.06. The molecule has 0 radical (unpaired) electrons. The number of furan rings is 1. The van der Waals surface area contributed by atoms with E-state index in [4.69, 9.17) is 4.42 Å². The Hall–Kier alpha value is -4.52. The number of allylic oxidation sites excluding steroid dienone is 1. The van der Waals surface area contributed by atoms with Gasteiger partial charge in [0, 0.05) is 42.7 Å². The van der Waals surface area contributed by atoms with Crippen molar-refractivity contribution in [3.63, 3.8) is 0 Å². The molecule has 5 rings (SSSR count). The van der Waals surface area contributed by atoms with Crippen molar-refractivity contribution in [3.8, 4) is 0 Å². The number of piperazine rings is 1. The number of aromatic nitrogens is 1. The van der Waals surface area contributed by atoms with Crippen molar-refractivity contribution in [2.75, 3.05) is 26.2 Å². The fraction of sp³-hybridized carbons (Fsp3) is 0.143. The number of fused-ring (bicyclic) bond motifs is 1. The highest BCUT2D eigenvalue weighted by atomic mass is 16.3. The number of rotatable bonds is 5. The first-order valence-electron chi connectivity index (χ1n) is 11.4. The van der Waals surface area contributed by atoms with Crippen molar-refractivity contribution < 1.29 is 18.8 Å². The average Bonchev–Trinajstić information content (AvgIpc) is 3.46. The van der Waals surface area contributed by atoms with E-state index in [-0.39, 0.29) is 17.6 Å². The lowest BCUT2D eigenvalue weighted by Crippen LogP contribution is -2.50. The largest absolute Gasteiger partial charge is 0.459 e. The maximum Gasteiger partial charge on any atom is 0.289 e. The molecular weight excluding hydrogens is 442 g/mol. The second-order valence-corrected chi connectivity index (χ2v) is 8.27. The summed E-state index contributed by atoms with van der Waals surface area (Å²) in [6.07, 6.45) is 4.65. The molecule has 0 N–H and O–H groups in total. The quantitative estimate of drug-likeness (QED) is 0.324. The summed E-state index contributed by atoms with van der Waals surface area (Å²) < 4.78 is 5.17. The zero-order valence-corrected chi connectivity index (χ0v) is 19.0. The predicted octanol–water partition coefficient (Wildman–Crippen LogP) is 4.32. The number of benzene rings is 2. The third-order valence-corrected chi connectivity index (χ3v) is 6.03. The van der Waals surface area contributed by atoms with E-state index in [0.717, 1.165) is 10.9 Å². The third kappa shape index (κ3) is 4.89. The van der Waals surface area contributed by atoms with Crippen molar-refractivity contribution in [2.45, 2.75) is 0 Å². The van der Waals surface area contributed by atoms with Gasteiger partial charge in [0.15, 0.2) is 11.5 Å². The highest BCUT2D eigenvalue weighted by Crippen LogP contribution is 2.15. The molecule has 7 nitrogen and oxygen atoms in total. The Labute approximate surface area is 202 Å². The Kier molecular flexibility index (Phi) is 6.22. The van der Waals surface area contributed by atoms with Crippen LogP contribution in [0.5, 0.6) is 0 Å². The van der Waals surface area contributed by atoms with E-state index >= 15 is 0 Å². The van der Waals surface area contributed by atoms with Gasteiger partial charge in [0.1, 0.15) is 0 Å². The number of para-hydroxylation sites is 1. The number of carbonyl (C=O) groups excluding carboxylic acids is 3.